The minimum absolute atomic E-state index is 0. The minimum atomic E-state index is -0.917. The molecule has 1 aromatic rings. The maximum absolute atomic E-state index is 11.4. The number of esters is 2. The number of aldehydes is 1. The summed E-state index contributed by atoms with van der Waals surface area (Å²) in [6, 6.07) is 0. The van der Waals surface area contributed by atoms with E-state index in [2.05, 4.69) is 19.8 Å². The standard InChI is InChI=1S/C10H13N3O2.C5H6N2O3.C5H9N.ClH/c1-2-15-9(14)8-6-13(12-11-8)10-3-7(4-10)5-10;1-2-10-5(9)4(3-8)7-6;6-5-1-4(2-5)3-5;/h6-7H,2-5H2,1H3;3H,2H2,1H3;4H,1-3,6H2;1H. The molecule has 6 fully saturated rings. The fourth-order valence-corrected chi connectivity index (χ4v) is 4.37. The van der Waals surface area contributed by atoms with Crippen LogP contribution in [0.1, 0.15) is 62.9 Å². The lowest BCUT2D eigenvalue weighted by atomic mass is 9.50. The largest absolute Gasteiger partial charge is 0.461 e. The zero-order valence-electron chi connectivity index (χ0n) is 18.2. The molecular formula is C20H29ClN6O5. The molecule has 32 heavy (non-hydrogen) atoms. The summed E-state index contributed by atoms with van der Waals surface area (Å²) in [5.41, 5.74) is 13.9. The van der Waals surface area contributed by atoms with E-state index < -0.39 is 11.7 Å². The normalized spacial score (nSPS) is 29.0. The number of hydrogen-bond acceptors (Lipinski definition) is 8. The lowest BCUT2D eigenvalue weighted by molar-refractivity contribution is -0.140. The van der Waals surface area contributed by atoms with E-state index in [-0.39, 0.29) is 36.8 Å². The van der Waals surface area contributed by atoms with Gasteiger partial charge in [-0.1, -0.05) is 5.21 Å². The van der Waals surface area contributed by atoms with E-state index in [0.29, 0.717) is 17.8 Å². The van der Waals surface area contributed by atoms with Crippen LogP contribution in [0.4, 0.5) is 0 Å². The van der Waals surface area contributed by atoms with Crippen LogP contribution in [0.2, 0.25) is 0 Å². The highest BCUT2D eigenvalue weighted by atomic mass is 35.5. The van der Waals surface area contributed by atoms with Crippen LogP contribution in [-0.4, -0.2) is 62.5 Å². The fraction of sp³-hybridized carbons (Fsp3) is 0.700. The van der Waals surface area contributed by atoms with Crippen molar-refractivity contribution in [1.29, 1.82) is 0 Å². The highest BCUT2D eigenvalue weighted by Gasteiger charge is 2.59. The summed E-state index contributed by atoms with van der Waals surface area (Å²) < 4.78 is 11.0. The van der Waals surface area contributed by atoms with Crippen LogP contribution in [0, 0.1) is 11.8 Å². The first-order chi connectivity index (χ1) is 14.8. The SMILES string of the molecule is CCOC(=O)C(C=O)=[N+]=[N-].CCOC(=O)c1cn(C23CC(C2)C3)nn1.Cl.NC12CC(C1)C2. The summed E-state index contributed by atoms with van der Waals surface area (Å²) in [5.74, 6) is 0.644. The monoisotopic (exact) mass is 468 g/mol. The molecule has 4 bridgehead atoms. The van der Waals surface area contributed by atoms with E-state index in [1.165, 1.54) is 38.5 Å². The molecule has 0 saturated heterocycles. The molecule has 0 atom stereocenters. The summed E-state index contributed by atoms with van der Waals surface area (Å²) in [4.78, 5) is 34.1. The van der Waals surface area contributed by atoms with Crippen molar-refractivity contribution in [2.75, 3.05) is 13.2 Å². The van der Waals surface area contributed by atoms with Crippen LogP contribution in [0.5, 0.6) is 0 Å². The molecule has 0 aromatic carbocycles. The van der Waals surface area contributed by atoms with Gasteiger partial charge in [0.2, 0.25) is 6.29 Å². The number of carbonyl (C=O) groups excluding carboxylic acids is 3. The van der Waals surface area contributed by atoms with E-state index in [9.17, 15) is 14.4 Å². The predicted molar refractivity (Wildman–Crippen MR) is 114 cm³/mol. The lowest BCUT2D eigenvalue weighted by Crippen LogP contribution is -2.64. The second kappa shape index (κ2) is 10.3. The third kappa shape index (κ3) is 5.23. The molecule has 6 saturated carbocycles. The quantitative estimate of drug-likeness (QED) is 0.163. The topological polar surface area (TPSA) is 163 Å². The van der Waals surface area contributed by atoms with Crippen molar-refractivity contribution in [1.82, 2.24) is 15.0 Å². The number of nitrogens with two attached hydrogens (primary N) is 1. The van der Waals surface area contributed by atoms with Crippen molar-refractivity contribution in [3.05, 3.63) is 17.4 Å². The zero-order chi connectivity index (χ0) is 22.6. The minimum Gasteiger partial charge on any atom is -0.461 e. The first-order valence-electron chi connectivity index (χ1n) is 10.5. The molecule has 1 heterocycles. The van der Waals surface area contributed by atoms with Gasteiger partial charge in [0.25, 0.3) is 0 Å². The maximum atomic E-state index is 11.4. The van der Waals surface area contributed by atoms with Gasteiger partial charge in [-0.3, -0.25) is 4.79 Å². The fourth-order valence-electron chi connectivity index (χ4n) is 4.37. The summed E-state index contributed by atoms with van der Waals surface area (Å²) >= 11 is 0. The molecule has 0 aliphatic heterocycles. The van der Waals surface area contributed by atoms with Gasteiger partial charge < -0.3 is 20.7 Å². The number of carbonyl (C=O) groups is 3. The average molecular weight is 469 g/mol. The Morgan fingerprint density at radius 1 is 1.19 bits per heavy atom. The summed E-state index contributed by atoms with van der Waals surface area (Å²) in [5, 5.41) is 7.86. The zero-order valence-corrected chi connectivity index (χ0v) is 19.0. The van der Waals surface area contributed by atoms with Crippen LogP contribution in [0.3, 0.4) is 0 Å². The maximum Gasteiger partial charge on any atom is 0.438 e. The third-order valence-corrected chi connectivity index (χ3v) is 6.26. The molecule has 0 radical (unpaired) electrons. The molecular weight excluding hydrogens is 440 g/mol. The Bertz CT molecular complexity index is 878. The molecule has 2 N–H and O–H groups in total. The van der Waals surface area contributed by atoms with Crippen molar-refractivity contribution in [3.8, 4) is 0 Å². The second-order valence-corrected chi connectivity index (χ2v) is 8.64. The second-order valence-electron chi connectivity index (χ2n) is 8.64. The van der Waals surface area contributed by atoms with Crippen LogP contribution in [0.25, 0.3) is 5.53 Å². The van der Waals surface area contributed by atoms with Gasteiger partial charge in [-0.05, 0) is 64.2 Å². The van der Waals surface area contributed by atoms with Gasteiger partial charge in [-0.15, -0.1) is 17.5 Å². The summed E-state index contributed by atoms with van der Waals surface area (Å²) in [6.07, 6.45) is 9.40. The van der Waals surface area contributed by atoms with Crippen molar-refractivity contribution < 1.29 is 28.6 Å². The highest BCUT2D eigenvalue weighted by molar-refractivity contribution is 6.55. The van der Waals surface area contributed by atoms with Crippen LogP contribution in [0.15, 0.2) is 6.20 Å². The molecule has 7 rings (SSSR count). The van der Waals surface area contributed by atoms with Crippen LogP contribution in [-0.2, 0) is 24.6 Å². The van der Waals surface area contributed by atoms with Crippen molar-refractivity contribution in [2.45, 2.75) is 63.5 Å². The molecule has 6 aliphatic carbocycles. The molecule has 0 amide bonds. The van der Waals surface area contributed by atoms with Gasteiger partial charge in [0.05, 0.1) is 24.9 Å². The van der Waals surface area contributed by atoms with E-state index >= 15 is 0 Å². The van der Waals surface area contributed by atoms with Crippen LogP contribution >= 0.6 is 12.4 Å². The molecule has 11 nitrogen and oxygen atoms in total. The summed E-state index contributed by atoms with van der Waals surface area (Å²) in [6.45, 7) is 3.88. The van der Waals surface area contributed by atoms with Gasteiger partial charge >= 0.3 is 17.7 Å². The van der Waals surface area contributed by atoms with E-state index in [4.69, 9.17) is 16.0 Å². The van der Waals surface area contributed by atoms with E-state index in [0.717, 1.165) is 11.8 Å². The Balaban J connectivity index is 0.000000185. The Kier molecular flexibility index (Phi) is 8.28. The Morgan fingerprint density at radius 3 is 2.06 bits per heavy atom. The number of hydrogen-bond donors (Lipinski definition) is 1. The molecule has 0 spiro atoms. The number of halogens is 1. The Labute approximate surface area is 192 Å². The number of ether oxygens (including phenoxy) is 2. The van der Waals surface area contributed by atoms with Gasteiger partial charge in [0, 0.05) is 5.54 Å². The van der Waals surface area contributed by atoms with Crippen molar-refractivity contribution in [3.63, 3.8) is 0 Å². The van der Waals surface area contributed by atoms with Gasteiger partial charge in [0.1, 0.15) is 0 Å². The van der Waals surface area contributed by atoms with Crippen molar-refractivity contribution in [2.24, 2.45) is 17.6 Å². The Morgan fingerprint density at radius 2 is 1.72 bits per heavy atom. The van der Waals surface area contributed by atoms with Crippen LogP contribution < -0.4 is 5.73 Å². The first-order valence-corrected chi connectivity index (χ1v) is 10.5. The highest BCUT2D eigenvalue weighted by Crippen LogP contribution is 2.61. The third-order valence-electron chi connectivity index (χ3n) is 6.26. The summed E-state index contributed by atoms with van der Waals surface area (Å²) in [7, 11) is 0. The van der Waals surface area contributed by atoms with E-state index in [1.807, 2.05) is 4.68 Å². The molecule has 1 aromatic heterocycles. The lowest BCUT2D eigenvalue weighted by Gasteiger charge is -2.61. The number of aromatic nitrogens is 3. The van der Waals surface area contributed by atoms with Crippen molar-refractivity contribution >= 4 is 36.3 Å². The average Bonchev–Trinajstić information content (AvgIpc) is 3.09. The number of rotatable bonds is 6. The molecule has 176 valence electrons. The molecule has 0 unspecified atom stereocenters. The Hall–Kier alpha value is -2.62. The van der Waals surface area contributed by atoms with E-state index in [1.54, 1.807) is 20.0 Å². The number of nitrogens with zero attached hydrogens (tertiary/aromatic N) is 5. The van der Waals surface area contributed by atoms with Gasteiger partial charge in [-0.2, -0.15) is 4.79 Å². The first kappa shape index (κ1) is 25.6. The van der Waals surface area contributed by atoms with Gasteiger partial charge in [0.15, 0.2) is 5.69 Å². The molecule has 6 aliphatic rings. The van der Waals surface area contributed by atoms with Gasteiger partial charge in [-0.25, -0.2) is 14.3 Å². The predicted octanol–water partition coefficient (Wildman–Crippen LogP) is 1.30. The smallest absolute Gasteiger partial charge is 0.438 e. The molecule has 12 heteroatoms.